The summed E-state index contributed by atoms with van der Waals surface area (Å²) in [5.41, 5.74) is 7.12. The van der Waals surface area contributed by atoms with Gasteiger partial charge in [-0.05, 0) is 89.6 Å². The van der Waals surface area contributed by atoms with Crippen LogP contribution in [0.25, 0.3) is 54.9 Å². The molecule has 3 heteroatoms. The lowest BCUT2D eigenvalue weighted by Crippen LogP contribution is -1.92. The molecule has 0 N–H and O–H groups in total. The molecule has 6 aromatic rings. The highest BCUT2D eigenvalue weighted by atomic mass is 79.9. The van der Waals surface area contributed by atoms with Gasteiger partial charge in [-0.1, -0.05) is 107 Å². The number of halogens is 1. The number of hydrogen-bond donors (Lipinski definition) is 0. The Bertz CT molecular complexity index is 1610. The van der Waals surface area contributed by atoms with E-state index in [1.54, 1.807) is 0 Å². The fourth-order valence-electron chi connectivity index (χ4n) is 4.65. The molecule has 0 saturated heterocycles. The topological polar surface area (TPSA) is 25.8 Å². The highest BCUT2D eigenvalue weighted by molar-refractivity contribution is 9.10. The second-order valence-corrected chi connectivity index (χ2v) is 9.55. The van der Waals surface area contributed by atoms with Gasteiger partial charge in [0.25, 0.3) is 0 Å². The van der Waals surface area contributed by atoms with Crippen LogP contribution in [0, 0.1) is 0 Å². The van der Waals surface area contributed by atoms with E-state index in [2.05, 4.69) is 131 Å². The standard InChI is InChI=1S/C30H19BrN2.C3H8.C2H6/c31-28-13-11-23(19-33-28)30-25-9-5-4-8-24(25)29(21-14-16-32-17-15-21)27-18-22(10-12-26(27)30)20-6-2-1-3-7-20;1-3-2;1-2/h1-19H;3H2,1-2H3;1-2H3. The summed E-state index contributed by atoms with van der Waals surface area (Å²) in [6, 6.07) is 34.3. The van der Waals surface area contributed by atoms with Crippen molar-refractivity contribution in [2.45, 2.75) is 34.1 Å². The van der Waals surface area contributed by atoms with Crippen LogP contribution in [0.3, 0.4) is 0 Å². The molecule has 38 heavy (non-hydrogen) atoms. The van der Waals surface area contributed by atoms with E-state index in [0.717, 1.165) is 15.7 Å². The first-order valence-corrected chi connectivity index (χ1v) is 14.1. The molecule has 190 valence electrons. The molecule has 0 spiro atoms. The average molecular weight is 562 g/mol. The Morgan fingerprint density at radius 3 is 1.71 bits per heavy atom. The maximum absolute atomic E-state index is 4.52. The maximum atomic E-state index is 4.52. The molecule has 0 aliphatic heterocycles. The van der Waals surface area contributed by atoms with Gasteiger partial charge in [-0.3, -0.25) is 4.98 Å². The van der Waals surface area contributed by atoms with Gasteiger partial charge >= 0.3 is 0 Å². The fourth-order valence-corrected chi connectivity index (χ4v) is 4.89. The van der Waals surface area contributed by atoms with E-state index in [-0.39, 0.29) is 0 Å². The van der Waals surface area contributed by atoms with Crippen molar-refractivity contribution < 1.29 is 0 Å². The number of fused-ring (bicyclic) bond motifs is 2. The molecule has 2 nitrogen and oxygen atoms in total. The first-order chi connectivity index (χ1) is 18.7. The van der Waals surface area contributed by atoms with Crippen molar-refractivity contribution in [1.29, 1.82) is 0 Å². The molecule has 6 rings (SSSR count). The first kappa shape index (κ1) is 27.2. The number of benzene rings is 4. The van der Waals surface area contributed by atoms with Crippen LogP contribution in [-0.2, 0) is 0 Å². The summed E-state index contributed by atoms with van der Waals surface area (Å²) >= 11 is 3.48. The Kier molecular flexibility index (Phi) is 9.40. The van der Waals surface area contributed by atoms with Crippen molar-refractivity contribution in [2.24, 2.45) is 0 Å². The van der Waals surface area contributed by atoms with E-state index in [4.69, 9.17) is 0 Å². The highest BCUT2D eigenvalue weighted by Crippen LogP contribution is 2.44. The van der Waals surface area contributed by atoms with Crippen LogP contribution < -0.4 is 0 Å². The zero-order valence-electron chi connectivity index (χ0n) is 22.4. The molecular formula is C35H33BrN2. The number of nitrogens with zero attached hydrogens (tertiary/aromatic N) is 2. The molecule has 0 atom stereocenters. The summed E-state index contributed by atoms with van der Waals surface area (Å²) in [6.45, 7) is 8.25. The third kappa shape index (κ3) is 5.69. The van der Waals surface area contributed by atoms with E-state index in [1.165, 1.54) is 50.2 Å². The minimum atomic E-state index is 0.833. The molecule has 0 amide bonds. The van der Waals surface area contributed by atoms with Gasteiger partial charge < -0.3 is 0 Å². The summed E-state index contributed by atoms with van der Waals surface area (Å²) in [4.78, 5) is 8.78. The van der Waals surface area contributed by atoms with Gasteiger partial charge in [0.05, 0.1) is 0 Å². The zero-order chi connectivity index (χ0) is 26.9. The van der Waals surface area contributed by atoms with E-state index in [1.807, 2.05) is 38.5 Å². The normalized spacial score (nSPS) is 10.3. The summed E-state index contributed by atoms with van der Waals surface area (Å²) < 4.78 is 0.833. The highest BCUT2D eigenvalue weighted by Gasteiger charge is 2.17. The number of pyridine rings is 2. The molecule has 0 unspecified atom stereocenters. The van der Waals surface area contributed by atoms with E-state index >= 15 is 0 Å². The molecule has 0 fully saturated rings. The smallest absolute Gasteiger partial charge is 0.106 e. The lowest BCUT2D eigenvalue weighted by Gasteiger charge is -2.18. The molecular weight excluding hydrogens is 528 g/mol. The van der Waals surface area contributed by atoms with Crippen LogP contribution in [0.1, 0.15) is 34.1 Å². The van der Waals surface area contributed by atoms with Crippen LogP contribution in [0.4, 0.5) is 0 Å². The quantitative estimate of drug-likeness (QED) is 0.159. The molecule has 0 radical (unpaired) electrons. The summed E-state index contributed by atoms with van der Waals surface area (Å²) in [5, 5.41) is 4.87. The van der Waals surface area contributed by atoms with Gasteiger partial charge in [0.1, 0.15) is 4.60 Å². The van der Waals surface area contributed by atoms with Crippen molar-refractivity contribution in [2.75, 3.05) is 0 Å². The summed E-state index contributed by atoms with van der Waals surface area (Å²) in [6.07, 6.45) is 6.93. The van der Waals surface area contributed by atoms with Gasteiger partial charge in [-0.15, -0.1) is 0 Å². The molecule has 0 aliphatic carbocycles. The predicted octanol–water partition coefficient (Wildman–Crippen LogP) is 11.0. The maximum Gasteiger partial charge on any atom is 0.106 e. The van der Waals surface area contributed by atoms with E-state index in [9.17, 15) is 0 Å². The lowest BCUT2D eigenvalue weighted by atomic mass is 9.85. The van der Waals surface area contributed by atoms with Crippen molar-refractivity contribution in [3.63, 3.8) is 0 Å². The Morgan fingerprint density at radius 1 is 0.553 bits per heavy atom. The molecule has 2 aromatic heterocycles. The Hall–Kier alpha value is -3.82. The first-order valence-electron chi connectivity index (χ1n) is 13.3. The Morgan fingerprint density at radius 2 is 1.11 bits per heavy atom. The number of hydrogen-bond acceptors (Lipinski definition) is 2. The number of rotatable bonds is 3. The monoisotopic (exact) mass is 560 g/mol. The van der Waals surface area contributed by atoms with Gasteiger partial charge in [-0.2, -0.15) is 0 Å². The minimum Gasteiger partial charge on any atom is -0.265 e. The van der Waals surface area contributed by atoms with Crippen molar-refractivity contribution in [1.82, 2.24) is 9.97 Å². The second kappa shape index (κ2) is 13.1. The van der Waals surface area contributed by atoms with Crippen LogP contribution >= 0.6 is 15.9 Å². The van der Waals surface area contributed by atoms with Crippen molar-refractivity contribution >= 4 is 37.5 Å². The summed E-state index contributed by atoms with van der Waals surface area (Å²) in [5.74, 6) is 0. The molecule has 0 bridgehead atoms. The van der Waals surface area contributed by atoms with E-state index < -0.39 is 0 Å². The SMILES string of the molecule is Brc1ccc(-c2c3ccccc3c(-c3ccncc3)c3cc(-c4ccccc4)ccc23)cn1.CC.CCC. The van der Waals surface area contributed by atoms with Gasteiger partial charge in [0.15, 0.2) is 0 Å². The van der Waals surface area contributed by atoms with Crippen LogP contribution in [0.2, 0.25) is 0 Å². The van der Waals surface area contributed by atoms with Crippen molar-refractivity contribution in [3.05, 3.63) is 120 Å². The van der Waals surface area contributed by atoms with Gasteiger partial charge in [0, 0.05) is 24.2 Å². The van der Waals surface area contributed by atoms with Crippen molar-refractivity contribution in [3.8, 4) is 33.4 Å². The van der Waals surface area contributed by atoms with Crippen LogP contribution in [0.5, 0.6) is 0 Å². The Labute approximate surface area is 234 Å². The van der Waals surface area contributed by atoms with E-state index in [0.29, 0.717) is 0 Å². The zero-order valence-corrected chi connectivity index (χ0v) is 24.0. The molecule has 2 heterocycles. The van der Waals surface area contributed by atoms with Gasteiger partial charge in [-0.25, -0.2) is 4.98 Å². The minimum absolute atomic E-state index is 0.833. The summed E-state index contributed by atoms with van der Waals surface area (Å²) in [7, 11) is 0. The molecule has 4 aromatic carbocycles. The predicted molar refractivity (Wildman–Crippen MR) is 168 cm³/mol. The third-order valence-electron chi connectivity index (χ3n) is 6.12. The second-order valence-electron chi connectivity index (χ2n) is 8.73. The van der Waals surface area contributed by atoms with Crippen LogP contribution in [0.15, 0.2) is 120 Å². The molecule has 0 saturated carbocycles. The fraction of sp³-hybridized carbons (Fsp3) is 0.143. The largest absolute Gasteiger partial charge is 0.265 e. The Balaban J connectivity index is 0.000000630. The third-order valence-corrected chi connectivity index (χ3v) is 6.59. The molecule has 0 aliphatic rings. The number of aromatic nitrogens is 2. The average Bonchev–Trinajstić information content (AvgIpc) is 2.98. The lowest BCUT2D eigenvalue weighted by molar-refractivity contribution is 1.09. The van der Waals surface area contributed by atoms with Crippen LogP contribution in [-0.4, -0.2) is 9.97 Å². The van der Waals surface area contributed by atoms with Gasteiger partial charge in [0.2, 0.25) is 0 Å².